The lowest BCUT2D eigenvalue weighted by Crippen LogP contribution is -2.48. The average molecular weight is 338 g/mol. The van der Waals surface area contributed by atoms with Gasteiger partial charge in [-0.2, -0.15) is 0 Å². The Morgan fingerprint density at radius 2 is 1.83 bits per heavy atom. The van der Waals surface area contributed by atoms with Gasteiger partial charge in [-0.3, -0.25) is 9.69 Å². The SMILES string of the molecule is CC(C)CCN1CCC2(CC1)CC(C(=O)N1CCOCC1)N(C)C2. The Balaban J connectivity index is 1.53. The van der Waals surface area contributed by atoms with Gasteiger partial charge >= 0.3 is 0 Å². The van der Waals surface area contributed by atoms with E-state index in [0.29, 0.717) is 24.5 Å². The number of likely N-dealkylation sites (tertiary alicyclic amines) is 2. The molecule has 5 heteroatoms. The van der Waals surface area contributed by atoms with E-state index >= 15 is 0 Å². The molecule has 3 rings (SSSR count). The Morgan fingerprint density at radius 1 is 1.17 bits per heavy atom. The number of carbonyl (C=O) groups excluding carboxylic acids is 1. The molecule has 0 radical (unpaired) electrons. The number of morpholine rings is 1. The molecule has 0 aromatic carbocycles. The minimum atomic E-state index is 0.0883. The monoisotopic (exact) mass is 337 g/mol. The maximum atomic E-state index is 12.9. The summed E-state index contributed by atoms with van der Waals surface area (Å²) in [4.78, 5) is 19.9. The van der Waals surface area contributed by atoms with Crippen molar-refractivity contribution in [3.63, 3.8) is 0 Å². The van der Waals surface area contributed by atoms with Crippen LogP contribution in [0.4, 0.5) is 0 Å². The Kier molecular flexibility index (Phi) is 5.83. The zero-order valence-corrected chi connectivity index (χ0v) is 15.8. The van der Waals surface area contributed by atoms with E-state index in [4.69, 9.17) is 4.74 Å². The molecule has 3 aliphatic rings. The number of nitrogens with zero attached hydrogens (tertiary/aromatic N) is 3. The summed E-state index contributed by atoms with van der Waals surface area (Å²) in [6.07, 6.45) is 4.85. The van der Waals surface area contributed by atoms with Crippen LogP contribution in [0.2, 0.25) is 0 Å². The van der Waals surface area contributed by atoms with E-state index in [9.17, 15) is 4.79 Å². The van der Waals surface area contributed by atoms with Crippen LogP contribution >= 0.6 is 0 Å². The first-order valence-electron chi connectivity index (χ1n) is 9.78. The first-order valence-corrected chi connectivity index (χ1v) is 9.78. The van der Waals surface area contributed by atoms with Crippen molar-refractivity contribution in [2.24, 2.45) is 11.3 Å². The maximum absolute atomic E-state index is 12.9. The van der Waals surface area contributed by atoms with Crippen LogP contribution in [0, 0.1) is 11.3 Å². The molecule has 0 aliphatic carbocycles. The van der Waals surface area contributed by atoms with E-state index in [1.807, 2.05) is 4.90 Å². The second kappa shape index (κ2) is 7.71. The molecule has 1 spiro atoms. The molecule has 0 aromatic heterocycles. The number of likely N-dealkylation sites (N-methyl/N-ethyl adjacent to an activating group) is 1. The van der Waals surface area contributed by atoms with Gasteiger partial charge in [-0.05, 0) is 63.7 Å². The van der Waals surface area contributed by atoms with Crippen LogP contribution in [0.25, 0.3) is 0 Å². The molecule has 3 fully saturated rings. The largest absolute Gasteiger partial charge is 0.378 e. The summed E-state index contributed by atoms with van der Waals surface area (Å²) in [5.41, 5.74) is 0.371. The molecule has 3 heterocycles. The van der Waals surface area contributed by atoms with Crippen LogP contribution in [0.15, 0.2) is 0 Å². The van der Waals surface area contributed by atoms with Crippen LogP contribution in [-0.4, -0.2) is 86.2 Å². The summed E-state index contributed by atoms with van der Waals surface area (Å²) < 4.78 is 5.39. The van der Waals surface area contributed by atoms with Crippen molar-refractivity contribution in [1.29, 1.82) is 0 Å². The Labute approximate surface area is 147 Å². The first kappa shape index (κ1) is 18.2. The number of piperidine rings is 1. The summed E-state index contributed by atoms with van der Waals surface area (Å²) in [5.74, 6) is 1.12. The average Bonchev–Trinajstić information content (AvgIpc) is 2.90. The zero-order valence-electron chi connectivity index (χ0n) is 15.8. The number of hydrogen-bond donors (Lipinski definition) is 0. The molecule has 1 unspecified atom stereocenters. The smallest absolute Gasteiger partial charge is 0.240 e. The van der Waals surface area contributed by atoms with Gasteiger partial charge in [-0.25, -0.2) is 0 Å². The molecule has 0 aromatic rings. The van der Waals surface area contributed by atoms with Gasteiger partial charge in [0.25, 0.3) is 0 Å². The molecular weight excluding hydrogens is 302 g/mol. The topological polar surface area (TPSA) is 36.0 Å². The predicted octanol–water partition coefficient (Wildman–Crippen LogP) is 1.68. The molecule has 3 saturated heterocycles. The standard InChI is InChI=1S/C19H35N3O2/c1-16(2)4-7-21-8-5-19(6-9-21)14-17(20(3)15-19)18(23)22-10-12-24-13-11-22/h16-17H,4-15H2,1-3H3. The predicted molar refractivity (Wildman–Crippen MR) is 96.0 cm³/mol. The summed E-state index contributed by atoms with van der Waals surface area (Å²) in [6, 6.07) is 0.0883. The fourth-order valence-corrected chi connectivity index (χ4v) is 4.59. The molecule has 0 bridgehead atoms. The van der Waals surface area contributed by atoms with Crippen LogP contribution in [0.3, 0.4) is 0 Å². The summed E-state index contributed by atoms with van der Waals surface area (Å²) in [6.45, 7) is 12.3. The van der Waals surface area contributed by atoms with Crippen LogP contribution in [0.5, 0.6) is 0 Å². The van der Waals surface area contributed by atoms with E-state index in [1.165, 1.54) is 38.9 Å². The van der Waals surface area contributed by atoms with Crippen molar-refractivity contribution in [2.75, 3.05) is 59.5 Å². The summed E-state index contributed by atoms with van der Waals surface area (Å²) in [5, 5.41) is 0. The fraction of sp³-hybridized carbons (Fsp3) is 0.947. The van der Waals surface area contributed by atoms with Gasteiger partial charge in [-0.1, -0.05) is 13.8 Å². The number of rotatable bonds is 4. The zero-order chi connectivity index (χ0) is 17.2. The maximum Gasteiger partial charge on any atom is 0.240 e. The fourth-order valence-electron chi connectivity index (χ4n) is 4.59. The molecule has 0 N–H and O–H groups in total. The Morgan fingerprint density at radius 3 is 2.46 bits per heavy atom. The molecule has 0 saturated carbocycles. The van der Waals surface area contributed by atoms with E-state index in [-0.39, 0.29) is 6.04 Å². The Hall–Kier alpha value is -0.650. The van der Waals surface area contributed by atoms with Crippen LogP contribution in [-0.2, 0) is 9.53 Å². The molecular formula is C19H35N3O2. The van der Waals surface area contributed by atoms with Gasteiger partial charge in [0.2, 0.25) is 5.91 Å². The van der Waals surface area contributed by atoms with Gasteiger partial charge in [-0.15, -0.1) is 0 Å². The van der Waals surface area contributed by atoms with Gasteiger partial charge in [0, 0.05) is 19.6 Å². The quantitative estimate of drug-likeness (QED) is 0.782. The third kappa shape index (κ3) is 4.12. The summed E-state index contributed by atoms with van der Waals surface area (Å²) in [7, 11) is 2.14. The Bertz CT molecular complexity index is 426. The molecule has 138 valence electrons. The lowest BCUT2D eigenvalue weighted by molar-refractivity contribution is -0.139. The van der Waals surface area contributed by atoms with Crippen molar-refractivity contribution >= 4 is 5.91 Å². The highest BCUT2D eigenvalue weighted by atomic mass is 16.5. The summed E-state index contributed by atoms with van der Waals surface area (Å²) >= 11 is 0. The van der Waals surface area contributed by atoms with Gasteiger partial charge in [0.05, 0.1) is 19.3 Å². The van der Waals surface area contributed by atoms with E-state index in [2.05, 4.69) is 30.7 Å². The third-order valence-electron chi connectivity index (χ3n) is 6.29. The normalized spacial score (nSPS) is 28.8. The molecule has 24 heavy (non-hydrogen) atoms. The molecule has 5 nitrogen and oxygen atoms in total. The minimum absolute atomic E-state index is 0.0883. The number of hydrogen-bond acceptors (Lipinski definition) is 4. The van der Waals surface area contributed by atoms with Crippen LogP contribution < -0.4 is 0 Å². The molecule has 1 atom stereocenters. The van der Waals surface area contributed by atoms with E-state index in [1.54, 1.807) is 0 Å². The highest BCUT2D eigenvalue weighted by Crippen LogP contribution is 2.43. The van der Waals surface area contributed by atoms with Crippen molar-refractivity contribution in [1.82, 2.24) is 14.7 Å². The first-order chi connectivity index (χ1) is 11.5. The molecule has 3 aliphatic heterocycles. The highest BCUT2D eigenvalue weighted by molar-refractivity contribution is 5.82. The number of carbonyl (C=O) groups is 1. The number of amides is 1. The van der Waals surface area contributed by atoms with Crippen molar-refractivity contribution < 1.29 is 9.53 Å². The second-order valence-corrected chi connectivity index (χ2v) is 8.60. The third-order valence-corrected chi connectivity index (χ3v) is 6.29. The minimum Gasteiger partial charge on any atom is -0.378 e. The molecule has 1 amide bonds. The van der Waals surface area contributed by atoms with Gasteiger partial charge in [0.1, 0.15) is 0 Å². The highest BCUT2D eigenvalue weighted by Gasteiger charge is 2.47. The van der Waals surface area contributed by atoms with E-state index in [0.717, 1.165) is 32.0 Å². The lowest BCUT2D eigenvalue weighted by atomic mass is 9.76. The van der Waals surface area contributed by atoms with Crippen molar-refractivity contribution in [2.45, 2.75) is 45.6 Å². The second-order valence-electron chi connectivity index (χ2n) is 8.60. The van der Waals surface area contributed by atoms with Crippen LogP contribution in [0.1, 0.15) is 39.5 Å². The van der Waals surface area contributed by atoms with Gasteiger partial charge in [0.15, 0.2) is 0 Å². The number of ether oxygens (including phenoxy) is 1. The van der Waals surface area contributed by atoms with Crippen molar-refractivity contribution in [3.8, 4) is 0 Å². The van der Waals surface area contributed by atoms with Crippen molar-refractivity contribution in [3.05, 3.63) is 0 Å². The van der Waals surface area contributed by atoms with E-state index < -0.39 is 0 Å². The van der Waals surface area contributed by atoms with Gasteiger partial charge < -0.3 is 14.5 Å². The lowest BCUT2D eigenvalue weighted by Gasteiger charge is -2.39.